The lowest BCUT2D eigenvalue weighted by molar-refractivity contribution is 0.0468. The molecule has 0 saturated heterocycles. The second kappa shape index (κ2) is 6.91. The highest BCUT2D eigenvalue weighted by Gasteiger charge is 2.24. The molecular weight excluding hydrogens is 222 g/mol. The predicted octanol–water partition coefficient (Wildman–Crippen LogP) is 3.54. The third kappa shape index (κ3) is 3.56. The van der Waals surface area contributed by atoms with Gasteiger partial charge in [0.2, 0.25) is 0 Å². The van der Waals surface area contributed by atoms with Gasteiger partial charge in [0.1, 0.15) is 0 Å². The highest BCUT2D eigenvalue weighted by atomic mass is 16.3. The van der Waals surface area contributed by atoms with Gasteiger partial charge >= 0.3 is 0 Å². The Balaban J connectivity index is 2.76. The average molecular weight is 249 g/mol. The van der Waals surface area contributed by atoms with Crippen molar-refractivity contribution in [1.82, 2.24) is 4.90 Å². The Hall–Kier alpha value is -0.860. The monoisotopic (exact) mass is 249 g/mol. The largest absolute Gasteiger partial charge is 0.387 e. The molecule has 1 aromatic rings. The van der Waals surface area contributed by atoms with Crippen molar-refractivity contribution >= 4 is 0 Å². The first-order valence-corrected chi connectivity index (χ1v) is 6.97. The molecule has 0 fully saturated rings. The topological polar surface area (TPSA) is 23.5 Å². The summed E-state index contributed by atoms with van der Waals surface area (Å²) in [4.78, 5) is 2.30. The fourth-order valence-electron chi connectivity index (χ4n) is 2.46. The summed E-state index contributed by atoms with van der Waals surface area (Å²) in [5, 5.41) is 10.4. The first kappa shape index (κ1) is 15.2. The van der Waals surface area contributed by atoms with Crippen LogP contribution in [0.1, 0.15) is 50.8 Å². The van der Waals surface area contributed by atoms with E-state index in [1.54, 1.807) is 0 Å². The van der Waals surface area contributed by atoms with Crippen LogP contribution < -0.4 is 0 Å². The Labute approximate surface area is 112 Å². The lowest BCUT2D eigenvalue weighted by atomic mass is 9.99. The number of hydrogen-bond donors (Lipinski definition) is 1. The van der Waals surface area contributed by atoms with Crippen LogP contribution in [0.5, 0.6) is 0 Å². The fraction of sp³-hybridized carbons (Fsp3) is 0.625. The Morgan fingerprint density at radius 3 is 2.06 bits per heavy atom. The van der Waals surface area contributed by atoms with E-state index in [1.807, 2.05) is 12.1 Å². The maximum absolute atomic E-state index is 10.4. The molecule has 0 aliphatic carbocycles. The van der Waals surface area contributed by atoms with Gasteiger partial charge in [0.25, 0.3) is 0 Å². The molecule has 0 aliphatic rings. The van der Waals surface area contributed by atoms with Crippen LogP contribution in [0.4, 0.5) is 0 Å². The molecule has 2 nitrogen and oxygen atoms in total. The molecule has 102 valence electrons. The minimum atomic E-state index is -0.420. The summed E-state index contributed by atoms with van der Waals surface area (Å²) in [7, 11) is 2.11. The predicted molar refractivity (Wildman–Crippen MR) is 77.7 cm³/mol. The van der Waals surface area contributed by atoms with E-state index in [9.17, 15) is 5.11 Å². The molecule has 0 aromatic heterocycles. The molecule has 1 N–H and O–H groups in total. The van der Waals surface area contributed by atoms with Crippen molar-refractivity contribution in [2.24, 2.45) is 0 Å². The highest BCUT2D eigenvalue weighted by Crippen LogP contribution is 2.23. The van der Waals surface area contributed by atoms with Gasteiger partial charge in [-0.15, -0.1) is 0 Å². The highest BCUT2D eigenvalue weighted by molar-refractivity contribution is 5.24. The molecule has 0 spiro atoms. The molecule has 2 unspecified atom stereocenters. The Bertz CT molecular complexity index is 343. The number of likely N-dealkylation sites (N-methyl/N-ethyl adjacent to an activating group) is 1. The van der Waals surface area contributed by atoms with Crippen LogP contribution in [0, 0.1) is 6.92 Å². The van der Waals surface area contributed by atoms with E-state index in [0.29, 0.717) is 6.04 Å². The van der Waals surface area contributed by atoms with Gasteiger partial charge in [0, 0.05) is 12.1 Å². The Morgan fingerprint density at radius 2 is 1.61 bits per heavy atom. The van der Waals surface area contributed by atoms with Crippen molar-refractivity contribution in [2.45, 2.75) is 58.7 Å². The molecule has 0 aliphatic heterocycles. The number of aliphatic hydroxyl groups is 1. The minimum Gasteiger partial charge on any atom is -0.387 e. The molecule has 0 amide bonds. The third-order valence-electron chi connectivity index (χ3n) is 4.04. The van der Waals surface area contributed by atoms with Crippen LogP contribution in [0.2, 0.25) is 0 Å². The Kier molecular flexibility index (Phi) is 5.83. The minimum absolute atomic E-state index is 0.137. The standard InChI is InChI=1S/C16H27NO/c1-6-15(7-2)17(5)13(4)16(18)14-10-8-12(3)9-11-14/h8-11,13,15-16,18H,6-7H2,1-5H3. The lowest BCUT2D eigenvalue weighted by Gasteiger charge is -2.35. The Morgan fingerprint density at radius 1 is 1.11 bits per heavy atom. The van der Waals surface area contributed by atoms with Gasteiger partial charge in [-0.1, -0.05) is 43.7 Å². The first-order chi connectivity index (χ1) is 8.51. The number of nitrogens with zero attached hydrogens (tertiary/aromatic N) is 1. The van der Waals surface area contributed by atoms with E-state index in [-0.39, 0.29) is 6.04 Å². The van der Waals surface area contributed by atoms with Crippen molar-refractivity contribution in [3.63, 3.8) is 0 Å². The van der Waals surface area contributed by atoms with Crippen LogP contribution in [0.15, 0.2) is 24.3 Å². The van der Waals surface area contributed by atoms with Gasteiger partial charge < -0.3 is 5.11 Å². The fourth-order valence-corrected chi connectivity index (χ4v) is 2.46. The van der Waals surface area contributed by atoms with E-state index in [1.165, 1.54) is 5.56 Å². The van der Waals surface area contributed by atoms with Gasteiger partial charge in [0.05, 0.1) is 6.10 Å². The normalized spacial score (nSPS) is 15.1. The van der Waals surface area contributed by atoms with Crippen molar-refractivity contribution in [1.29, 1.82) is 0 Å². The second-order valence-electron chi connectivity index (χ2n) is 5.23. The van der Waals surface area contributed by atoms with Crippen LogP contribution in [0.3, 0.4) is 0 Å². The molecule has 0 radical (unpaired) electrons. The van der Waals surface area contributed by atoms with Gasteiger partial charge in [-0.05, 0) is 39.3 Å². The molecule has 1 rings (SSSR count). The molecule has 2 atom stereocenters. The molecule has 1 aromatic carbocycles. The zero-order valence-electron chi connectivity index (χ0n) is 12.4. The number of benzene rings is 1. The number of hydrogen-bond acceptors (Lipinski definition) is 2. The number of aliphatic hydroxyl groups excluding tert-OH is 1. The van der Waals surface area contributed by atoms with E-state index >= 15 is 0 Å². The molecule has 2 heteroatoms. The molecule has 0 saturated carbocycles. The van der Waals surface area contributed by atoms with Crippen LogP contribution in [0.25, 0.3) is 0 Å². The summed E-state index contributed by atoms with van der Waals surface area (Å²) in [5.74, 6) is 0. The first-order valence-electron chi connectivity index (χ1n) is 6.97. The van der Waals surface area contributed by atoms with E-state index in [2.05, 4.69) is 51.8 Å². The number of rotatable bonds is 6. The molecule has 0 heterocycles. The third-order valence-corrected chi connectivity index (χ3v) is 4.04. The maximum Gasteiger partial charge on any atom is 0.0942 e. The van der Waals surface area contributed by atoms with Crippen molar-refractivity contribution in [2.75, 3.05) is 7.05 Å². The van der Waals surface area contributed by atoms with E-state index in [4.69, 9.17) is 0 Å². The SMILES string of the molecule is CCC(CC)N(C)C(C)C(O)c1ccc(C)cc1. The average Bonchev–Trinajstić information content (AvgIpc) is 2.39. The molecular formula is C16H27NO. The van der Waals surface area contributed by atoms with Crippen molar-refractivity contribution in [3.05, 3.63) is 35.4 Å². The van der Waals surface area contributed by atoms with E-state index < -0.39 is 6.10 Å². The summed E-state index contributed by atoms with van der Waals surface area (Å²) >= 11 is 0. The maximum atomic E-state index is 10.4. The van der Waals surface area contributed by atoms with Crippen LogP contribution >= 0.6 is 0 Å². The summed E-state index contributed by atoms with van der Waals surface area (Å²) in [6, 6.07) is 8.84. The smallest absolute Gasteiger partial charge is 0.0942 e. The van der Waals surface area contributed by atoms with Crippen LogP contribution in [-0.4, -0.2) is 29.1 Å². The lowest BCUT2D eigenvalue weighted by Crippen LogP contribution is -2.41. The summed E-state index contributed by atoms with van der Waals surface area (Å²) in [6.07, 6.45) is 1.83. The van der Waals surface area contributed by atoms with Gasteiger partial charge in [0.15, 0.2) is 0 Å². The second-order valence-corrected chi connectivity index (χ2v) is 5.23. The summed E-state index contributed by atoms with van der Waals surface area (Å²) in [5.41, 5.74) is 2.23. The quantitative estimate of drug-likeness (QED) is 0.833. The molecule has 18 heavy (non-hydrogen) atoms. The summed E-state index contributed by atoms with van der Waals surface area (Å²) < 4.78 is 0. The zero-order valence-corrected chi connectivity index (χ0v) is 12.4. The zero-order chi connectivity index (χ0) is 13.7. The van der Waals surface area contributed by atoms with Crippen LogP contribution in [-0.2, 0) is 0 Å². The van der Waals surface area contributed by atoms with Crippen molar-refractivity contribution < 1.29 is 5.11 Å². The van der Waals surface area contributed by atoms with E-state index in [0.717, 1.165) is 18.4 Å². The molecule has 0 bridgehead atoms. The van der Waals surface area contributed by atoms with Gasteiger partial charge in [-0.2, -0.15) is 0 Å². The van der Waals surface area contributed by atoms with Gasteiger partial charge in [-0.3, -0.25) is 4.90 Å². The van der Waals surface area contributed by atoms with Gasteiger partial charge in [-0.25, -0.2) is 0 Å². The number of aryl methyl sites for hydroxylation is 1. The summed E-state index contributed by atoms with van der Waals surface area (Å²) in [6.45, 7) is 8.57. The van der Waals surface area contributed by atoms with Crippen molar-refractivity contribution in [3.8, 4) is 0 Å².